The van der Waals surface area contributed by atoms with E-state index in [1.54, 1.807) is 0 Å². The average molecular weight is 366 g/mol. The summed E-state index contributed by atoms with van der Waals surface area (Å²) in [4.78, 5) is 28.7. The maximum absolute atomic E-state index is 12.5. The maximum Gasteiger partial charge on any atom is 0.253 e. The van der Waals surface area contributed by atoms with Gasteiger partial charge >= 0.3 is 0 Å². The molecule has 3 rings (SSSR count). The van der Waals surface area contributed by atoms with Crippen LogP contribution < -0.4 is 5.73 Å². The van der Waals surface area contributed by atoms with Gasteiger partial charge in [0, 0.05) is 44.2 Å². The summed E-state index contributed by atoms with van der Waals surface area (Å²) in [6, 6.07) is 9.50. The van der Waals surface area contributed by atoms with Crippen molar-refractivity contribution in [3.8, 4) is 0 Å². The van der Waals surface area contributed by atoms with Crippen LogP contribution in [0.1, 0.15) is 42.5 Å². The molecule has 1 aliphatic heterocycles. The first-order chi connectivity index (χ1) is 11.6. The Morgan fingerprint density at radius 3 is 2.20 bits per heavy atom. The lowest BCUT2D eigenvalue weighted by Gasteiger charge is -2.36. The fraction of sp³-hybridized carbons (Fsp3) is 0.579. The number of amides is 2. The molecule has 5 nitrogen and oxygen atoms in total. The van der Waals surface area contributed by atoms with E-state index in [1.165, 1.54) is 12.8 Å². The van der Waals surface area contributed by atoms with Gasteiger partial charge in [0.05, 0.1) is 0 Å². The van der Waals surface area contributed by atoms with Gasteiger partial charge < -0.3 is 15.5 Å². The number of nitrogens with two attached hydrogens (primary N) is 1. The SMILES string of the molecule is Cl.NC1CCCCC1CC(=O)N1CCN(C(=O)c2ccccc2)CC1. The molecule has 0 aromatic heterocycles. The van der Waals surface area contributed by atoms with Crippen LogP contribution in [0.4, 0.5) is 0 Å². The van der Waals surface area contributed by atoms with E-state index in [2.05, 4.69) is 0 Å². The third-order valence-corrected chi connectivity index (χ3v) is 5.35. The zero-order valence-electron chi connectivity index (χ0n) is 14.6. The predicted molar refractivity (Wildman–Crippen MR) is 101 cm³/mol. The Kier molecular flexibility index (Phi) is 7.26. The van der Waals surface area contributed by atoms with Crippen LogP contribution >= 0.6 is 12.4 Å². The molecule has 0 radical (unpaired) electrons. The van der Waals surface area contributed by atoms with Gasteiger partial charge in [0.15, 0.2) is 0 Å². The van der Waals surface area contributed by atoms with E-state index in [0.29, 0.717) is 44.1 Å². The summed E-state index contributed by atoms with van der Waals surface area (Å²) >= 11 is 0. The van der Waals surface area contributed by atoms with Crippen molar-refractivity contribution in [3.63, 3.8) is 0 Å². The first kappa shape index (κ1) is 19.7. The molecule has 2 amide bonds. The molecule has 0 spiro atoms. The fourth-order valence-electron chi connectivity index (χ4n) is 3.77. The highest BCUT2D eigenvalue weighted by molar-refractivity contribution is 5.94. The predicted octanol–water partition coefficient (Wildman–Crippen LogP) is 2.30. The van der Waals surface area contributed by atoms with Gasteiger partial charge in [-0.25, -0.2) is 0 Å². The number of hydrogen-bond acceptors (Lipinski definition) is 3. The Bertz CT molecular complexity index is 573. The fourth-order valence-corrected chi connectivity index (χ4v) is 3.77. The van der Waals surface area contributed by atoms with Crippen LogP contribution in [0.3, 0.4) is 0 Å². The number of benzene rings is 1. The molecule has 1 heterocycles. The second-order valence-electron chi connectivity index (χ2n) is 6.95. The van der Waals surface area contributed by atoms with Gasteiger partial charge in [-0.2, -0.15) is 0 Å². The second kappa shape index (κ2) is 9.20. The third-order valence-electron chi connectivity index (χ3n) is 5.35. The molecule has 2 N–H and O–H groups in total. The van der Waals surface area contributed by atoms with Crippen LogP contribution in [0.5, 0.6) is 0 Å². The molecule has 2 fully saturated rings. The molecule has 138 valence electrons. The molecule has 25 heavy (non-hydrogen) atoms. The molecule has 2 unspecified atom stereocenters. The van der Waals surface area contributed by atoms with Gasteiger partial charge in [-0.1, -0.05) is 31.0 Å². The van der Waals surface area contributed by atoms with E-state index in [-0.39, 0.29) is 30.3 Å². The van der Waals surface area contributed by atoms with Gasteiger partial charge in [-0.05, 0) is 30.9 Å². The smallest absolute Gasteiger partial charge is 0.253 e. The highest BCUT2D eigenvalue weighted by atomic mass is 35.5. The zero-order valence-corrected chi connectivity index (χ0v) is 15.4. The second-order valence-corrected chi connectivity index (χ2v) is 6.95. The molecule has 0 bridgehead atoms. The van der Waals surface area contributed by atoms with Crippen LogP contribution in [0, 0.1) is 5.92 Å². The molecule has 6 heteroatoms. The van der Waals surface area contributed by atoms with Crippen molar-refractivity contribution in [2.24, 2.45) is 11.7 Å². The van der Waals surface area contributed by atoms with Crippen molar-refractivity contribution in [3.05, 3.63) is 35.9 Å². The topological polar surface area (TPSA) is 66.6 Å². The molecule has 1 aliphatic carbocycles. The first-order valence-corrected chi connectivity index (χ1v) is 9.03. The number of hydrogen-bond donors (Lipinski definition) is 1. The van der Waals surface area contributed by atoms with Crippen LogP contribution in [0.15, 0.2) is 30.3 Å². The molecule has 2 aliphatic rings. The third kappa shape index (κ3) is 4.95. The number of piperazine rings is 1. The van der Waals surface area contributed by atoms with E-state index in [9.17, 15) is 9.59 Å². The summed E-state index contributed by atoms with van der Waals surface area (Å²) < 4.78 is 0. The minimum atomic E-state index is 0. The Morgan fingerprint density at radius 2 is 1.56 bits per heavy atom. The van der Waals surface area contributed by atoms with Crippen LogP contribution in [0.2, 0.25) is 0 Å². The van der Waals surface area contributed by atoms with E-state index >= 15 is 0 Å². The summed E-state index contributed by atoms with van der Waals surface area (Å²) in [5.41, 5.74) is 6.87. The number of carbonyl (C=O) groups excluding carboxylic acids is 2. The van der Waals surface area contributed by atoms with E-state index in [1.807, 2.05) is 40.1 Å². The van der Waals surface area contributed by atoms with E-state index < -0.39 is 0 Å². The van der Waals surface area contributed by atoms with Gasteiger partial charge in [0.1, 0.15) is 0 Å². The van der Waals surface area contributed by atoms with Crippen LogP contribution in [0.25, 0.3) is 0 Å². The minimum Gasteiger partial charge on any atom is -0.339 e. The van der Waals surface area contributed by atoms with Gasteiger partial charge in [-0.3, -0.25) is 9.59 Å². The Hall–Kier alpha value is -1.59. The van der Waals surface area contributed by atoms with Crippen molar-refractivity contribution in [1.82, 2.24) is 9.80 Å². The lowest BCUT2D eigenvalue weighted by atomic mass is 9.82. The summed E-state index contributed by atoms with van der Waals surface area (Å²) in [6.07, 6.45) is 5.04. The molecule has 1 aromatic rings. The number of nitrogens with zero attached hydrogens (tertiary/aromatic N) is 2. The normalized spacial score (nSPS) is 23.7. The Balaban J connectivity index is 0.00000225. The van der Waals surface area contributed by atoms with Crippen molar-refractivity contribution >= 4 is 24.2 Å². The quantitative estimate of drug-likeness (QED) is 0.893. The standard InChI is InChI=1S/C19H27N3O2.ClH/c20-17-9-5-4-8-16(17)14-18(23)21-10-12-22(13-11-21)19(24)15-6-2-1-3-7-15;/h1-3,6-7,16-17H,4-5,8-14,20H2;1H. The van der Waals surface area contributed by atoms with Crippen molar-refractivity contribution in [2.45, 2.75) is 38.1 Å². The van der Waals surface area contributed by atoms with Crippen LogP contribution in [-0.4, -0.2) is 53.8 Å². The highest BCUT2D eigenvalue weighted by Crippen LogP contribution is 2.26. The van der Waals surface area contributed by atoms with Crippen molar-refractivity contribution in [1.29, 1.82) is 0 Å². The molecular formula is C19H28ClN3O2. The summed E-state index contributed by atoms with van der Waals surface area (Å²) in [5.74, 6) is 0.580. The average Bonchev–Trinajstić information content (AvgIpc) is 2.64. The number of halogens is 1. The van der Waals surface area contributed by atoms with Crippen molar-refractivity contribution in [2.75, 3.05) is 26.2 Å². The first-order valence-electron chi connectivity index (χ1n) is 9.03. The molecule has 1 aromatic carbocycles. The number of carbonyl (C=O) groups is 2. The lowest BCUT2D eigenvalue weighted by Crippen LogP contribution is -2.51. The maximum atomic E-state index is 12.5. The van der Waals surface area contributed by atoms with E-state index in [4.69, 9.17) is 5.73 Å². The molecule has 1 saturated carbocycles. The monoisotopic (exact) mass is 365 g/mol. The Morgan fingerprint density at radius 1 is 0.960 bits per heavy atom. The summed E-state index contributed by atoms with van der Waals surface area (Å²) in [5, 5.41) is 0. The molecule has 1 saturated heterocycles. The van der Waals surface area contributed by atoms with Gasteiger partial charge in [0.2, 0.25) is 5.91 Å². The largest absolute Gasteiger partial charge is 0.339 e. The Labute approximate surface area is 155 Å². The molecule has 2 atom stereocenters. The van der Waals surface area contributed by atoms with Crippen molar-refractivity contribution < 1.29 is 9.59 Å². The number of rotatable bonds is 3. The summed E-state index contributed by atoms with van der Waals surface area (Å²) in [6.45, 7) is 2.46. The van der Waals surface area contributed by atoms with Crippen LogP contribution in [-0.2, 0) is 4.79 Å². The van der Waals surface area contributed by atoms with E-state index in [0.717, 1.165) is 12.8 Å². The highest BCUT2D eigenvalue weighted by Gasteiger charge is 2.29. The summed E-state index contributed by atoms with van der Waals surface area (Å²) in [7, 11) is 0. The molecular weight excluding hydrogens is 338 g/mol. The minimum absolute atomic E-state index is 0. The zero-order chi connectivity index (χ0) is 16.9. The lowest BCUT2D eigenvalue weighted by molar-refractivity contribution is -0.134. The van der Waals surface area contributed by atoms with Gasteiger partial charge in [0.25, 0.3) is 5.91 Å². The van der Waals surface area contributed by atoms with Gasteiger partial charge in [-0.15, -0.1) is 12.4 Å².